The van der Waals surface area contributed by atoms with Crippen LogP contribution in [-0.2, 0) is 14.6 Å². The first-order chi connectivity index (χ1) is 6.01. The lowest BCUT2D eigenvalue weighted by atomic mass is 10.3. The number of allylic oxidation sites excluding steroid dienone is 2. The van der Waals surface area contributed by atoms with E-state index < -0.39 is 9.84 Å². The minimum absolute atomic E-state index is 0.00579. The standard InChI is InChI=1S/C8H13ClO3S/c1-3-8-6(2)13(10,11)5-7(4-9)12-8/h7H,3-5H2,1-2H3. The van der Waals surface area contributed by atoms with Crippen molar-refractivity contribution in [2.45, 2.75) is 26.4 Å². The zero-order valence-electron chi connectivity index (χ0n) is 7.71. The molecule has 1 rings (SSSR count). The Morgan fingerprint density at radius 3 is 2.69 bits per heavy atom. The molecule has 0 spiro atoms. The van der Waals surface area contributed by atoms with Crippen molar-refractivity contribution in [2.24, 2.45) is 0 Å². The summed E-state index contributed by atoms with van der Waals surface area (Å²) in [5, 5.41) is 0. The maximum absolute atomic E-state index is 11.5. The zero-order valence-corrected chi connectivity index (χ0v) is 9.28. The van der Waals surface area contributed by atoms with Crippen molar-refractivity contribution in [1.82, 2.24) is 0 Å². The fraction of sp³-hybridized carbons (Fsp3) is 0.750. The molecule has 0 N–H and O–H groups in total. The molecular formula is C8H13ClO3S. The number of alkyl halides is 1. The molecule has 0 radical (unpaired) electrons. The minimum Gasteiger partial charge on any atom is -0.491 e. The van der Waals surface area contributed by atoms with Crippen LogP contribution in [0.2, 0.25) is 0 Å². The van der Waals surface area contributed by atoms with Crippen LogP contribution in [0.1, 0.15) is 20.3 Å². The summed E-state index contributed by atoms with van der Waals surface area (Å²) in [6.45, 7) is 3.45. The van der Waals surface area contributed by atoms with Gasteiger partial charge in [-0.15, -0.1) is 11.6 Å². The number of hydrogen-bond donors (Lipinski definition) is 0. The Morgan fingerprint density at radius 2 is 2.23 bits per heavy atom. The number of sulfone groups is 1. The second-order valence-electron chi connectivity index (χ2n) is 3.01. The predicted octanol–water partition coefficient (Wildman–Crippen LogP) is 1.68. The maximum atomic E-state index is 11.5. The normalized spacial score (nSPS) is 27.2. The monoisotopic (exact) mass is 224 g/mol. The van der Waals surface area contributed by atoms with E-state index in [0.717, 1.165) is 0 Å². The van der Waals surface area contributed by atoms with Gasteiger partial charge in [-0.25, -0.2) is 8.42 Å². The van der Waals surface area contributed by atoms with Gasteiger partial charge in [0.15, 0.2) is 9.84 Å². The van der Waals surface area contributed by atoms with Gasteiger partial charge in [0, 0.05) is 6.42 Å². The second kappa shape index (κ2) is 3.88. The van der Waals surface area contributed by atoms with Crippen LogP contribution in [0.25, 0.3) is 0 Å². The molecule has 0 aromatic rings. The van der Waals surface area contributed by atoms with Crippen molar-refractivity contribution in [3.05, 3.63) is 10.7 Å². The summed E-state index contributed by atoms with van der Waals surface area (Å²) in [5.41, 5.74) is 0. The molecule has 0 aromatic carbocycles. The van der Waals surface area contributed by atoms with Gasteiger partial charge in [-0.1, -0.05) is 6.92 Å². The quantitative estimate of drug-likeness (QED) is 0.671. The van der Waals surface area contributed by atoms with E-state index in [4.69, 9.17) is 16.3 Å². The summed E-state index contributed by atoms with van der Waals surface area (Å²) >= 11 is 5.57. The van der Waals surface area contributed by atoms with Gasteiger partial charge < -0.3 is 4.74 Å². The molecule has 5 heteroatoms. The average molecular weight is 225 g/mol. The number of ether oxygens (including phenoxy) is 1. The fourth-order valence-electron chi connectivity index (χ4n) is 1.27. The molecule has 0 aliphatic carbocycles. The number of halogens is 1. The van der Waals surface area contributed by atoms with Gasteiger partial charge in [-0.3, -0.25) is 0 Å². The molecule has 0 fully saturated rings. The van der Waals surface area contributed by atoms with Crippen LogP contribution in [0.5, 0.6) is 0 Å². The lowest BCUT2D eigenvalue weighted by molar-refractivity contribution is 0.140. The zero-order chi connectivity index (χ0) is 10.1. The highest BCUT2D eigenvalue weighted by atomic mass is 35.5. The topological polar surface area (TPSA) is 43.4 Å². The van der Waals surface area contributed by atoms with Crippen molar-refractivity contribution in [3.63, 3.8) is 0 Å². The molecule has 0 saturated carbocycles. The van der Waals surface area contributed by atoms with Crippen molar-refractivity contribution >= 4 is 21.4 Å². The summed E-state index contributed by atoms with van der Waals surface area (Å²) in [4.78, 5) is 0.358. The minimum atomic E-state index is -3.11. The first-order valence-corrected chi connectivity index (χ1v) is 6.35. The van der Waals surface area contributed by atoms with Crippen molar-refractivity contribution in [2.75, 3.05) is 11.6 Å². The highest BCUT2D eigenvalue weighted by Crippen LogP contribution is 2.25. The highest BCUT2D eigenvalue weighted by Gasteiger charge is 2.30. The van der Waals surface area contributed by atoms with Crippen molar-refractivity contribution in [1.29, 1.82) is 0 Å². The molecule has 1 atom stereocenters. The van der Waals surface area contributed by atoms with Crippen LogP contribution >= 0.6 is 11.6 Å². The van der Waals surface area contributed by atoms with Crippen LogP contribution in [-0.4, -0.2) is 26.2 Å². The van der Waals surface area contributed by atoms with Crippen LogP contribution in [0.4, 0.5) is 0 Å². The summed E-state index contributed by atoms with van der Waals surface area (Å²) in [6.07, 6.45) is 0.212. The van der Waals surface area contributed by atoms with Gasteiger partial charge in [0.2, 0.25) is 0 Å². The number of rotatable bonds is 2. The summed E-state index contributed by atoms with van der Waals surface area (Å²) in [5.74, 6) is 0.777. The first kappa shape index (κ1) is 10.9. The van der Waals surface area contributed by atoms with E-state index in [0.29, 0.717) is 17.1 Å². The lowest BCUT2D eigenvalue weighted by Crippen LogP contribution is -2.31. The Labute approximate surface area is 83.6 Å². The molecule has 1 unspecified atom stereocenters. The Balaban J connectivity index is 3.05. The van der Waals surface area contributed by atoms with Gasteiger partial charge in [0.1, 0.15) is 11.9 Å². The summed E-state index contributed by atoms with van der Waals surface area (Å²) in [6, 6.07) is 0. The van der Waals surface area contributed by atoms with E-state index in [1.807, 2.05) is 6.92 Å². The molecular weight excluding hydrogens is 212 g/mol. The largest absolute Gasteiger partial charge is 0.491 e. The van der Waals surface area contributed by atoms with E-state index >= 15 is 0 Å². The Morgan fingerprint density at radius 1 is 1.62 bits per heavy atom. The van der Waals surface area contributed by atoms with Gasteiger partial charge in [-0.2, -0.15) is 0 Å². The maximum Gasteiger partial charge on any atom is 0.181 e. The molecule has 76 valence electrons. The van der Waals surface area contributed by atoms with E-state index in [-0.39, 0.29) is 17.7 Å². The molecule has 1 aliphatic rings. The van der Waals surface area contributed by atoms with Crippen LogP contribution in [0.3, 0.4) is 0 Å². The summed E-state index contributed by atoms with van der Waals surface area (Å²) in [7, 11) is -3.11. The predicted molar refractivity (Wildman–Crippen MR) is 52.4 cm³/mol. The third-order valence-corrected chi connectivity index (χ3v) is 4.38. The van der Waals surface area contributed by atoms with Crippen molar-refractivity contribution < 1.29 is 13.2 Å². The molecule has 0 saturated heterocycles. The SMILES string of the molecule is CCC1=C(C)S(=O)(=O)CC(CCl)O1. The average Bonchev–Trinajstić information content (AvgIpc) is 2.09. The second-order valence-corrected chi connectivity index (χ2v) is 5.49. The Bertz CT molecular complexity index is 318. The molecule has 0 bridgehead atoms. The molecule has 1 heterocycles. The smallest absolute Gasteiger partial charge is 0.181 e. The van der Waals surface area contributed by atoms with E-state index in [1.54, 1.807) is 6.92 Å². The van der Waals surface area contributed by atoms with E-state index in [9.17, 15) is 8.42 Å². The third kappa shape index (κ3) is 2.17. The van der Waals surface area contributed by atoms with E-state index in [2.05, 4.69) is 0 Å². The first-order valence-electron chi connectivity index (χ1n) is 4.16. The third-order valence-electron chi connectivity index (χ3n) is 2.07. The van der Waals surface area contributed by atoms with Crippen LogP contribution in [0.15, 0.2) is 10.7 Å². The molecule has 0 amide bonds. The van der Waals surface area contributed by atoms with Gasteiger partial charge >= 0.3 is 0 Å². The molecule has 0 aromatic heterocycles. The highest BCUT2D eigenvalue weighted by molar-refractivity contribution is 7.95. The van der Waals surface area contributed by atoms with Gasteiger partial charge in [0.05, 0.1) is 16.5 Å². The summed E-state index contributed by atoms with van der Waals surface area (Å²) < 4.78 is 28.4. The Hall–Kier alpha value is -0.220. The van der Waals surface area contributed by atoms with Crippen LogP contribution < -0.4 is 0 Å². The molecule has 13 heavy (non-hydrogen) atoms. The molecule has 3 nitrogen and oxygen atoms in total. The Kier molecular flexibility index (Phi) is 3.24. The van der Waals surface area contributed by atoms with Crippen LogP contribution in [0, 0.1) is 0 Å². The molecule has 1 aliphatic heterocycles. The van der Waals surface area contributed by atoms with Crippen molar-refractivity contribution in [3.8, 4) is 0 Å². The van der Waals surface area contributed by atoms with Gasteiger partial charge in [0.25, 0.3) is 0 Å². The van der Waals surface area contributed by atoms with Gasteiger partial charge in [-0.05, 0) is 6.92 Å². The number of hydrogen-bond acceptors (Lipinski definition) is 3. The van der Waals surface area contributed by atoms with E-state index in [1.165, 1.54) is 0 Å². The fourth-order valence-corrected chi connectivity index (χ4v) is 3.04. The lowest BCUT2D eigenvalue weighted by Gasteiger charge is -2.25.